The molecule has 0 radical (unpaired) electrons. The smallest absolute Gasteiger partial charge is 0.0573 e. The van der Waals surface area contributed by atoms with E-state index >= 15 is 0 Å². The fourth-order valence-corrected chi connectivity index (χ4v) is 2.84. The van der Waals surface area contributed by atoms with Crippen molar-refractivity contribution in [3.05, 3.63) is 0 Å². The standard InChI is InChI=1S/C11H22O/c1-4-6-10-8(3)7-11(12)9(10)5-2/h8-12H,4-7H2,1-3H3/t8-,9-,10+,11-/m1/s1. The molecule has 0 heterocycles. The van der Waals surface area contributed by atoms with E-state index in [0.717, 1.165) is 24.7 Å². The zero-order valence-corrected chi connectivity index (χ0v) is 8.59. The van der Waals surface area contributed by atoms with Crippen LogP contribution in [0, 0.1) is 17.8 Å². The van der Waals surface area contributed by atoms with E-state index in [9.17, 15) is 5.11 Å². The van der Waals surface area contributed by atoms with Gasteiger partial charge in [0.15, 0.2) is 0 Å². The highest BCUT2D eigenvalue weighted by Crippen LogP contribution is 2.41. The van der Waals surface area contributed by atoms with E-state index in [-0.39, 0.29) is 6.10 Å². The first-order valence-electron chi connectivity index (χ1n) is 5.38. The quantitative estimate of drug-likeness (QED) is 0.690. The van der Waals surface area contributed by atoms with Crippen molar-refractivity contribution < 1.29 is 5.11 Å². The van der Waals surface area contributed by atoms with Crippen molar-refractivity contribution in [3.8, 4) is 0 Å². The minimum absolute atomic E-state index is 0.0125. The molecule has 0 aromatic carbocycles. The molecule has 4 atom stereocenters. The molecule has 1 nitrogen and oxygen atoms in total. The maximum absolute atomic E-state index is 9.76. The van der Waals surface area contributed by atoms with Crippen LogP contribution in [0.3, 0.4) is 0 Å². The zero-order chi connectivity index (χ0) is 9.14. The van der Waals surface area contributed by atoms with Crippen LogP contribution in [0.5, 0.6) is 0 Å². The second-order valence-corrected chi connectivity index (χ2v) is 4.30. The van der Waals surface area contributed by atoms with Gasteiger partial charge in [-0.3, -0.25) is 0 Å². The summed E-state index contributed by atoms with van der Waals surface area (Å²) < 4.78 is 0. The Kier molecular flexibility index (Phi) is 3.57. The Morgan fingerprint density at radius 2 is 1.92 bits per heavy atom. The second-order valence-electron chi connectivity index (χ2n) is 4.30. The van der Waals surface area contributed by atoms with Crippen LogP contribution in [0.2, 0.25) is 0 Å². The molecular weight excluding hydrogens is 148 g/mol. The Morgan fingerprint density at radius 1 is 1.25 bits per heavy atom. The first kappa shape index (κ1) is 10.0. The molecule has 1 aliphatic carbocycles. The third-order valence-corrected chi connectivity index (χ3v) is 3.48. The molecule has 1 N–H and O–H groups in total. The van der Waals surface area contributed by atoms with E-state index in [1.807, 2.05) is 0 Å². The van der Waals surface area contributed by atoms with Gasteiger partial charge in [0.1, 0.15) is 0 Å². The van der Waals surface area contributed by atoms with Gasteiger partial charge in [0.25, 0.3) is 0 Å². The zero-order valence-electron chi connectivity index (χ0n) is 8.59. The van der Waals surface area contributed by atoms with Crippen LogP contribution in [0.15, 0.2) is 0 Å². The van der Waals surface area contributed by atoms with Crippen molar-refractivity contribution in [2.24, 2.45) is 17.8 Å². The van der Waals surface area contributed by atoms with Gasteiger partial charge in [-0.05, 0) is 24.2 Å². The van der Waals surface area contributed by atoms with Crippen LogP contribution in [-0.4, -0.2) is 11.2 Å². The lowest BCUT2D eigenvalue weighted by Crippen LogP contribution is -2.18. The summed E-state index contributed by atoms with van der Waals surface area (Å²) in [7, 11) is 0. The minimum Gasteiger partial charge on any atom is -0.393 e. The molecule has 1 saturated carbocycles. The molecule has 0 saturated heterocycles. The third-order valence-electron chi connectivity index (χ3n) is 3.48. The third kappa shape index (κ3) is 1.82. The molecule has 0 aromatic rings. The Labute approximate surface area is 76.2 Å². The first-order chi connectivity index (χ1) is 5.70. The van der Waals surface area contributed by atoms with Crippen molar-refractivity contribution in [2.75, 3.05) is 0 Å². The molecule has 0 aromatic heterocycles. The summed E-state index contributed by atoms with van der Waals surface area (Å²) in [6.45, 7) is 6.73. The topological polar surface area (TPSA) is 20.2 Å². The van der Waals surface area contributed by atoms with Crippen molar-refractivity contribution in [1.29, 1.82) is 0 Å². The van der Waals surface area contributed by atoms with Crippen LogP contribution < -0.4 is 0 Å². The average molecular weight is 170 g/mol. The minimum atomic E-state index is -0.0125. The van der Waals surface area contributed by atoms with Gasteiger partial charge >= 0.3 is 0 Å². The molecule has 0 unspecified atom stereocenters. The summed E-state index contributed by atoms with van der Waals surface area (Å²) >= 11 is 0. The molecule has 1 aliphatic rings. The van der Waals surface area contributed by atoms with Crippen molar-refractivity contribution >= 4 is 0 Å². The van der Waals surface area contributed by atoms with E-state index in [0.29, 0.717) is 5.92 Å². The van der Waals surface area contributed by atoms with Gasteiger partial charge in [-0.2, -0.15) is 0 Å². The molecule has 0 aliphatic heterocycles. The van der Waals surface area contributed by atoms with Gasteiger partial charge in [-0.1, -0.05) is 40.0 Å². The fourth-order valence-electron chi connectivity index (χ4n) is 2.84. The van der Waals surface area contributed by atoms with Gasteiger partial charge in [0, 0.05) is 0 Å². The highest BCUT2D eigenvalue weighted by molar-refractivity contribution is 4.87. The Balaban J connectivity index is 2.55. The van der Waals surface area contributed by atoms with Crippen molar-refractivity contribution in [1.82, 2.24) is 0 Å². The Hall–Kier alpha value is -0.0400. The summed E-state index contributed by atoms with van der Waals surface area (Å²) in [5, 5.41) is 9.76. The van der Waals surface area contributed by atoms with Crippen LogP contribution in [0.4, 0.5) is 0 Å². The summed E-state index contributed by atoms with van der Waals surface area (Å²) in [6, 6.07) is 0. The van der Waals surface area contributed by atoms with E-state index < -0.39 is 0 Å². The van der Waals surface area contributed by atoms with Crippen LogP contribution in [0.1, 0.15) is 46.5 Å². The van der Waals surface area contributed by atoms with E-state index in [2.05, 4.69) is 20.8 Å². The van der Waals surface area contributed by atoms with E-state index in [1.54, 1.807) is 0 Å². The SMILES string of the molecule is CCC[C@@H]1[C@@H](CC)[C@H](O)C[C@H]1C. The number of aliphatic hydroxyl groups is 1. The normalized spacial score (nSPS) is 42.0. The molecule has 72 valence electrons. The Bertz CT molecular complexity index is 133. The molecule has 1 heteroatoms. The van der Waals surface area contributed by atoms with Gasteiger partial charge < -0.3 is 5.11 Å². The average Bonchev–Trinajstić information content (AvgIpc) is 2.28. The van der Waals surface area contributed by atoms with Crippen LogP contribution in [0.25, 0.3) is 0 Å². The van der Waals surface area contributed by atoms with Crippen molar-refractivity contribution in [3.63, 3.8) is 0 Å². The monoisotopic (exact) mass is 170 g/mol. The van der Waals surface area contributed by atoms with E-state index in [1.165, 1.54) is 12.8 Å². The molecular formula is C11H22O. The number of hydrogen-bond acceptors (Lipinski definition) is 1. The predicted molar refractivity (Wildman–Crippen MR) is 52.0 cm³/mol. The maximum atomic E-state index is 9.76. The molecule has 1 rings (SSSR count). The number of aliphatic hydroxyl groups excluding tert-OH is 1. The van der Waals surface area contributed by atoms with E-state index in [4.69, 9.17) is 0 Å². The highest BCUT2D eigenvalue weighted by Gasteiger charge is 2.37. The number of rotatable bonds is 3. The molecule has 0 amide bonds. The highest BCUT2D eigenvalue weighted by atomic mass is 16.3. The van der Waals surface area contributed by atoms with Gasteiger partial charge in [-0.15, -0.1) is 0 Å². The molecule has 12 heavy (non-hydrogen) atoms. The fraction of sp³-hybridized carbons (Fsp3) is 1.00. The second kappa shape index (κ2) is 4.27. The van der Waals surface area contributed by atoms with Gasteiger partial charge in [0.2, 0.25) is 0 Å². The first-order valence-corrected chi connectivity index (χ1v) is 5.38. The van der Waals surface area contributed by atoms with Crippen molar-refractivity contribution in [2.45, 2.75) is 52.6 Å². The van der Waals surface area contributed by atoms with Gasteiger partial charge in [0.05, 0.1) is 6.10 Å². The molecule has 0 spiro atoms. The van der Waals surface area contributed by atoms with Gasteiger partial charge in [-0.25, -0.2) is 0 Å². The van der Waals surface area contributed by atoms with Crippen LogP contribution in [-0.2, 0) is 0 Å². The molecule has 0 bridgehead atoms. The molecule has 1 fully saturated rings. The van der Waals surface area contributed by atoms with Crippen LogP contribution >= 0.6 is 0 Å². The summed E-state index contributed by atoms with van der Waals surface area (Å²) in [6.07, 6.45) is 4.73. The summed E-state index contributed by atoms with van der Waals surface area (Å²) in [4.78, 5) is 0. The summed E-state index contributed by atoms with van der Waals surface area (Å²) in [5.41, 5.74) is 0. The number of hydrogen-bond donors (Lipinski definition) is 1. The predicted octanol–water partition coefficient (Wildman–Crippen LogP) is 2.83. The lowest BCUT2D eigenvalue weighted by atomic mass is 9.85. The Morgan fingerprint density at radius 3 is 2.42 bits per heavy atom. The lowest BCUT2D eigenvalue weighted by molar-refractivity contribution is 0.113. The maximum Gasteiger partial charge on any atom is 0.0573 e. The lowest BCUT2D eigenvalue weighted by Gasteiger charge is -2.22. The summed E-state index contributed by atoms with van der Waals surface area (Å²) in [5.74, 6) is 2.11. The largest absolute Gasteiger partial charge is 0.393 e.